The van der Waals surface area contributed by atoms with E-state index in [9.17, 15) is 0 Å². The number of ether oxygens (including phenoxy) is 4. The molecule has 0 saturated carbocycles. The minimum absolute atomic E-state index is 0.560. The minimum Gasteiger partial charge on any atom is -0.497 e. The number of benzene rings is 2. The number of hydrogen-bond acceptors (Lipinski definition) is 7. The molecule has 0 unspecified atom stereocenters. The van der Waals surface area contributed by atoms with E-state index < -0.39 is 0 Å². The Hall–Kier alpha value is -3.48. The van der Waals surface area contributed by atoms with Gasteiger partial charge in [-0.3, -0.25) is 0 Å². The van der Waals surface area contributed by atoms with Gasteiger partial charge in [-0.1, -0.05) is 0 Å². The van der Waals surface area contributed by atoms with Crippen LogP contribution >= 0.6 is 0 Å². The Kier molecular flexibility index (Phi) is 5.12. The zero-order chi connectivity index (χ0) is 20.4. The summed E-state index contributed by atoms with van der Waals surface area (Å²) in [6.45, 7) is 3.11. The van der Waals surface area contributed by atoms with Gasteiger partial charge in [-0.2, -0.15) is 0 Å². The molecule has 0 aliphatic carbocycles. The van der Waals surface area contributed by atoms with E-state index in [0.717, 1.165) is 28.3 Å². The van der Waals surface area contributed by atoms with Crippen molar-refractivity contribution in [2.45, 2.75) is 20.0 Å². The zero-order valence-corrected chi connectivity index (χ0v) is 16.9. The maximum Gasteiger partial charge on any atom is 0.226 e. The van der Waals surface area contributed by atoms with Crippen molar-refractivity contribution in [2.24, 2.45) is 0 Å². The van der Waals surface area contributed by atoms with Gasteiger partial charge in [0.15, 0.2) is 11.5 Å². The second-order valence-corrected chi connectivity index (χ2v) is 6.74. The van der Waals surface area contributed by atoms with E-state index in [1.807, 2.05) is 43.3 Å². The first-order chi connectivity index (χ1) is 14.1. The number of nitrogens with zero attached hydrogens (tertiary/aromatic N) is 3. The lowest BCUT2D eigenvalue weighted by Gasteiger charge is -2.28. The van der Waals surface area contributed by atoms with Crippen LogP contribution in [-0.2, 0) is 13.1 Å². The third kappa shape index (κ3) is 3.76. The van der Waals surface area contributed by atoms with Gasteiger partial charge in [-0.15, -0.1) is 0 Å². The van der Waals surface area contributed by atoms with Crippen LogP contribution in [-0.4, -0.2) is 31.3 Å². The van der Waals surface area contributed by atoms with E-state index in [0.29, 0.717) is 36.3 Å². The summed E-state index contributed by atoms with van der Waals surface area (Å²) in [5.74, 6) is 4.05. The van der Waals surface area contributed by atoms with Crippen LogP contribution in [0.25, 0.3) is 0 Å². The van der Waals surface area contributed by atoms with E-state index in [-0.39, 0.29) is 0 Å². The van der Waals surface area contributed by atoms with Gasteiger partial charge in [0.25, 0.3) is 0 Å². The van der Waals surface area contributed by atoms with Crippen molar-refractivity contribution >= 4 is 5.95 Å². The molecule has 0 saturated heterocycles. The van der Waals surface area contributed by atoms with Gasteiger partial charge in [-0.25, -0.2) is 9.97 Å². The van der Waals surface area contributed by atoms with Crippen molar-refractivity contribution in [3.05, 3.63) is 59.4 Å². The van der Waals surface area contributed by atoms with Crippen LogP contribution in [0, 0.1) is 6.92 Å². The third-order valence-corrected chi connectivity index (χ3v) is 4.85. The molecular formula is C22H23N3O4. The third-order valence-electron chi connectivity index (χ3n) is 4.85. The molecule has 2 heterocycles. The monoisotopic (exact) mass is 393 g/mol. The summed E-state index contributed by atoms with van der Waals surface area (Å²) in [4.78, 5) is 11.2. The molecule has 0 atom stereocenters. The lowest BCUT2D eigenvalue weighted by molar-refractivity contribution is 0.350. The molecule has 29 heavy (non-hydrogen) atoms. The highest BCUT2D eigenvalue weighted by Gasteiger charge is 2.23. The Morgan fingerprint density at radius 3 is 2.31 bits per heavy atom. The van der Waals surface area contributed by atoms with Crippen LogP contribution in [0.15, 0.2) is 42.6 Å². The van der Waals surface area contributed by atoms with Crippen LogP contribution in [0.5, 0.6) is 28.7 Å². The van der Waals surface area contributed by atoms with Crippen LogP contribution in [0.2, 0.25) is 0 Å². The molecule has 1 aromatic heterocycles. The van der Waals surface area contributed by atoms with E-state index in [1.54, 1.807) is 27.5 Å². The van der Waals surface area contributed by atoms with Crippen LogP contribution in [0.4, 0.5) is 5.95 Å². The van der Waals surface area contributed by atoms with Crippen molar-refractivity contribution in [3.8, 4) is 28.7 Å². The molecule has 7 heteroatoms. The molecule has 4 rings (SSSR count). The highest BCUT2D eigenvalue weighted by molar-refractivity contribution is 5.56. The second-order valence-electron chi connectivity index (χ2n) is 6.74. The van der Waals surface area contributed by atoms with E-state index >= 15 is 0 Å². The molecule has 1 aliphatic rings. The smallest absolute Gasteiger partial charge is 0.226 e. The van der Waals surface area contributed by atoms with Crippen molar-refractivity contribution in [3.63, 3.8) is 0 Å². The first kappa shape index (κ1) is 18.9. The van der Waals surface area contributed by atoms with Gasteiger partial charge in [-0.05, 0) is 31.2 Å². The molecule has 0 fully saturated rings. The molecule has 3 aromatic rings. The molecule has 0 bridgehead atoms. The molecule has 7 nitrogen and oxygen atoms in total. The van der Waals surface area contributed by atoms with E-state index in [2.05, 4.69) is 14.9 Å². The molecule has 0 spiro atoms. The summed E-state index contributed by atoms with van der Waals surface area (Å²) in [7, 11) is 4.87. The molecule has 0 amide bonds. The molecule has 0 N–H and O–H groups in total. The fourth-order valence-electron chi connectivity index (χ4n) is 3.32. The molecular weight excluding hydrogens is 370 g/mol. The lowest BCUT2D eigenvalue weighted by atomic mass is 10.1. The quantitative estimate of drug-likeness (QED) is 0.660. The molecule has 2 aromatic carbocycles. The highest BCUT2D eigenvalue weighted by Crippen LogP contribution is 2.41. The Bertz CT molecular complexity index is 1040. The van der Waals surface area contributed by atoms with Crippen molar-refractivity contribution in [2.75, 3.05) is 26.2 Å². The topological polar surface area (TPSA) is 65.9 Å². The van der Waals surface area contributed by atoms with Gasteiger partial charge in [0.2, 0.25) is 5.95 Å². The molecule has 1 aliphatic heterocycles. The Morgan fingerprint density at radius 2 is 1.59 bits per heavy atom. The van der Waals surface area contributed by atoms with Gasteiger partial charge in [0.05, 0.1) is 27.9 Å². The predicted octanol–water partition coefficient (Wildman–Crippen LogP) is 4.12. The number of anilines is 1. The average molecular weight is 393 g/mol. The number of aryl methyl sites for hydroxylation is 1. The summed E-state index contributed by atoms with van der Waals surface area (Å²) in [5, 5.41) is 0. The normalized spacial score (nSPS) is 12.8. The highest BCUT2D eigenvalue weighted by atomic mass is 16.5. The number of aromatic nitrogens is 2. The van der Waals surface area contributed by atoms with Gasteiger partial charge >= 0.3 is 0 Å². The first-order valence-electron chi connectivity index (χ1n) is 9.25. The standard InChI is InChI=1S/C22H23N3O4/c1-14-7-8-23-22(24-14)25-12-15-5-6-17(26-2)10-18(15)29-19-11-21(28-4)20(27-3)9-16(19)13-25/h5-11H,12-13H2,1-4H3. The number of fused-ring (bicyclic) bond motifs is 2. The summed E-state index contributed by atoms with van der Waals surface area (Å²) < 4.78 is 22.6. The SMILES string of the molecule is COc1ccc2c(c1)Oc1cc(OC)c(OC)cc1CN(c1nccc(C)n1)C2. The van der Waals surface area contributed by atoms with Gasteiger partial charge < -0.3 is 23.8 Å². The fourth-order valence-corrected chi connectivity index (χ4v) is 3.32. The predicted molar refractivity (Wildman–Crippen MR) is 109 cm³/mol. The minimum atomic E-state index is 0.560. The Labute approximate surface area is 169 Å². The molecule has 0 radical (unpaired) electrons. The fraction of sp³-hybridized carbons (Fsp3) is 0.273. The van der Waals surface area contributed by atoms with Gasteiger partial charge in [0.1, 0.15) is 17.2 Å². The van der Waals surface area contributed by atoms with Crippen LogP contribution < -0.4 is 23.8 Å². The summed E-state index contributed by atoms with van der Waals surface area (Å²) in [6, 6.07) is 11.5. The Balaban J connectivity index is 1.87. The second kappa shape index (κ2) is 7.87. The molecule has 150 valence electrons. The van der Waals surface area contributed by atoms with Crippen LogP contribution in [0.1, 0.15) is 16.8 Å². The maximum atomic E-state index is 6.29. The van der Waals surface area contributed by atoms with E-state index in [1.165, 1.54) is 0 Å². The van der Waals surface area contributed by atoms with Crippen molar-refractivity contribution in [1.82, 2.24) is 9.97 Å². The zero-order valence-electron chi connectivity index (χ0n) is 16.9. The number of methoxy groups -OCH3 is 3. The summed E-state index contributed by atoms with van der Waals surface area (Å²) >= 11 is 0. The van der Waals surface area contributed by atoms with E-state index in [4.69, 9.17) is 18.9 Å². The lowest BCUT2D eigenvalue weighted by Crippen LogP contribution is -2.26. The van der Waals surface area contributed by atoms with Gasteiger partial charge in [0, 0.05) is 41.7 Å². The first-order valence-corrected chi connectivity index (χ1v) is 9.25. The van der Waals surface area contributed by atoms with Crippen molar-refractivity contribution in [1.29, 1.82) is 0 Å². The summed E-state index contributed by atoms with van der Waals surface area (Å²) in [6.07, 6.45) is 1.78. The van der Waals surface area contributed by atoms with Crippen LogP contribution in [0.3, 0.4) is 0 Å². The van der Waals surface area contributed by atoms with Crippen molar-refractivity contribution < 1.29 is 18.9 Å². The number of hydrogen-bond donors (Lipinski definition) is 0. The maximum absolute atomic E-state index is 6.29. The Morgan fingerprint density at radius 1 is 0.862 bits per heavy atom. The average Bonchev–Trinajstić information content (AvgIpc) is 2.73. The number of rotatable bonds is 4. The largest absolute Gasteiger partial charge is 0.497 e. The summed E-state index contributed by atoms with van der Waals surface area (Å²) in [5.41, 5.74) is 2.87.